The number of benzene rings is 3. The number of hydrazone groups is 1. The van der Waals surface area contributed by atoms with Crippen LogP contribution in [0.5, 0.6) is 11.5 Å². The van der Waals surface area contributed by atoms with E-state index in [-0.39, 0.29) is 24.3 Å². The number of ether oxygens (including phenoxy) is 2. The Balaban J connectivity index is 1.35. The van der Waals surface area contributed by atoms with Crippen molar-refractivity contribution >= 4 is 51.7 Å². The maximum absolute atomic E-state index is 12.8. The number of halogens is 1. The number of amidine groups is 1. The van der Waals surface area contributed by atoms with E-state index in [0.717, 1.165) is 22.6 Å². The summed E-state index contributed by atoms with van der Waals surface area (Å²) in [6.07, 6.45) is 0.587. The molecule has 1 N–H and O–H groups in total. The van der Waals surface area contributed by atoms with Crippen LogP contribution in [-0.4, -0.2) is 47.2 Å². The molecule has 2 amide bonds. The molecule has 5 rings (SSSR count). The van der Waals surface area contributed by atoms with Crippen molar-refractivity contribution in [1.29, 1.82) is 0 Å². The summed E-state index contributed by atoms with van der Waals surface area (Å²) in [5.74, 6) is 0.645. The third kappa shape index (κ3) is 5.54. The molecular formula is C28H25ClN4O4S. The number of aliphatic imine (C=N–C) groups is 1. The zero-order valence-corrected chi connectivity index (χ0v) is 22.3. The van der Waals surface area contributed by atoms with Crippen LogP contribution in [0.2, 0.25) is 5.02 Å². The maximum atomic E-state index is 12.8. The van der Waals surface area contributed by atoms with E-state index in [0.29, 0.717) is 28.0 Å². The lowest BCUT2D eigenvalue weighted by molar-refractivity contribution is -0.121. The number of para-hydroxylation sites is 2. The summed E-state index contributed by atoms with van der Waals surface area (Å²) in [5.41, 5.74) is 3.35. The van der Waals surface area contributed by atoms with E-state index in [2.05, 4.69) is 10.3 Å². The molecule has 0 saturated heterocycles. The average Bonchev–Trinajstić information content (AvgIpc) is 3.53. The second-order valence-corrected chi connectivity index (χ2v) is 10.3. The molecule has 2 atom stereocenters. The van der Waals surface area contributed by atoms with Gasteiger partial charge < -0.3 is 14.8 Å². The van der Waals surface area contributed by atoms with Crippen LogP contribution in [0.4, 0.5) is 5.69 Å². The van der Waals surface area contributed by atoms with Gasteiger partial charge in [-0.2, -0.15) is 10.1 Å². The molecule has 194 valence electrons. The van der Waals surface area contributed by atoms with E-state index in [4.69, 9.17) is 26.2 Å². The SMILES string of the molecule is COc1ccc([C@@H]2CC(c3ccc(Cl)cc3)=NN2C2=NC(=O)[C@@H](CC(=O)Nc3ccccc3OC)S2)cc1. The largest absolute Gasteiger partial charge is 0.497 e. The molecule has 0 aliphatic carbocycles. The molecule has 2 heterocycles. The number of carbonyl (C=O) groups excluding carboxylic acids is 2. The minimum Gasteiger partial charge on any atom is -0.497 e. The van der Waals surface area contributed by atoms with Crippen molar-refractivity contribution in [2.24, 2.45) is 10.1 Å². The van der Waals surface area contributed by atoms with Gasteiger partial charge in [0, 0.05) is 17.9 Å². The van der Waals surface area contributed by atoms with E-state index < -0.39 is 5.25 Å². The highest BCUT2D eigenvalue weighted by Gasteiger charge is 2.39. The molecule has 0 radical (unpaired) electrons. The minimum atomic E-state index is -0.647. The quantitative estimate of drug-likeness (QED) is 0.417. The molecule has 2 aliphatic rings. The Morgan fingerprint density at radius 2 is 1.79 bits per heavy atom. The second-order valence-electron chi connectivity index (χ2n) is 8.68. The molecule has 3 aromatic rings. The third-order valence-electron chi connectivity index (χ3n) is 6.27. The van der Waals surface area contributed by atoms with Crippen LogP contribution in [-0.2, 0) is 9.59 Å². The molecule has 3 aromatic carbocycles. The summed E-state index contributed by atoms with van der Waals surface area (Å²) in [4.78, 5) is 29.9. The predicted molar refractivity (Wildman–Crippen MR) is 150 cm³/mol. The highest BCUT2D eigenvalue weighted by Crippen LogP contribution is 2.39. The first-order valence-electron chi connectivity index (χ1n) is 11.9. The molecule has 0 unspecified atom stereocenters. The van der Waals surface area contributed by atoms with Gasteiger partial charge in [-0.25, -0.2) is 5.01 Å². The number of nitrogens with one attached hydrogen (secondary N) is 1. The summed E-state index contributed by atoms with van der Waals surface area (Å²) >= 11 is 7.34. The van der Waals surface area contributed by atoms with Crippen LogP contribution >= 0.6 is 23.4 Å². The predicted octanol–water partition coefficient (Wildman–Crippen LogP) is 5.54. The van der Waals surface area contributed by atoms with Crippen LogP contribution in [0.25, 0.3) is 0 Å². The number of nitrogens with zero attached hydrogens (tertiary/aromatic N) is 3. The van der Waals surface area contributed by atoms with Gasteiger partial charge in [-0.15, -0.1) is 0 Å². The van der Waals surface area contributed by atoms with E-state index in [1.165, 1.54) is 18.9 Å². The van der Waals surface area contributed by atoms with Crippen molar-refractivity contribution < 1.29 is 19.1 Å². The molecule has 0 saturated carbocycles. The Hall–Kier alpha value is -3.82. The molecule has 8 nitrogen and oxygen atoms in total. The van der Waals surface area contributed by atoms with Crippen LogP contribution in [0.3, 0.4) is 0 Å². The average molecular weight is 549 g/mol. The fourth-order valence-electron chi connectivity index (χ4n) is 4.31. The fraction of sp³-hybridized carbons (Fsp3) is 0.214. The van der Waals surface area contributed by atoms with Gasteiger partial charge in [0.1, 0.15) is 16.7 Å². The molecule has 0 aromatic heterocycles. The summed E-state index contributed by atoms with van der Waals surface area (Å²) < 4.78 is 10.6. The first-order chi connectivity index (χ1) is 18.4. The number of amides is 2. The molecule has 0 bridgehead atoms. The topological polar surface area (TPSA) is 92.6 Å². The highest BCUT2D eigenvalue weighted by atomic mass is 35.5. The van der Waals surface area contributed by atoms with Crippen molar-refractivity contribution in [3.63, 3.8) is 0 Å². The number of thioether (sulfide) groups is 1. The van der Waals surface area contributed by atoms with E-state index in [1.54, 1.807) is 30.3 Å². The molecule has 10 heteroatoms. The summed E-state index contributed by atoms with van der Waals surface area (Å²) in [7, 11) is 3.16. The van der Waals surface area contributed by atoms with E-state index in [1.807, 2.05) is 54.6 Å². The van der Waals surface area contributed by atoms with Crippen LogP contribution in [0.1, 0.15) is 30.0 Å². The Morgan fingerprint density at radius 1 is 1.05 bits per heavy atom. The Labute approximate surface area is 229 Å². The van der Waals surface area contributed by atoms with Crippen molar-refractivity contribution in [2.45, 2.75) is 24.1 Å². The van der Waals surface area contributed by atoms with Crippen LogP contribution in [0, 0.1) is 0 Å². The number of hydrogen-bond acceptors (Lipinski definition) is 7. The third-order valence-corrected chi connectivity index (χ3v) is 7.66. The lowest BCUT2D eigenvalue weighted by atomic mass is 9.98. The maximum Gasteiger partial charge on any atom is 0.262 e. The zero-order chi connectivity index (χ0) is 26.6. The normalized spacial score (nSPS) is 18.7. The monoisotopic (exact) mass is 548 g/mol. The minimum absolute atomic E-state index is 0.0245. The van der Waals surface area contributed by atoms with E-state index >= 15 is 0 Å². The van der Waals surface area contributed by atoms with Gasteiger partial charge in [-0.3, -0.25) is 9.59 Å². The Bertz CT molecular complexity index is 1410. The van der Waals surface area contributed by atoms with Crippen LogP contribution in [0.15, 0.2) is 82.9 Å². The van der Waals surface area contributed by atoms with Gasteiger partial charge in [0.15, 0.2) is 5.17 Å². The fourth-order valence-corrected chi connectivity index (χ4v) is 5.50. The number of anilines is 1. The van der Waals surface area contributed by atoms with Gasteiger partial charge in [-0.1, -0.05) is 59.8 Å². The molecular weight excluding hydrogens is 524 g/mol. The molecule has 38 heavy (non-hydrogen) atoms. The van der Waals surface area contributed by atoms with Crippen molar-refractivity contribution in [1.82, 2.24) is 5.01 Å². The van der Waals surface area contributed by atoms with Gasteiger partial charge in [-0.05, 0) is 47.5 Å². The number of methoxy groups -OCH3 is 2. The summed E-state index contributed by atoms with van der Waals surface area (Å²) in [5, 5.41) is 9.94. The molecule has 0 fully saturated rings. The van der Waals surface area contributed by atoms with Crippen molar-refractivity contribution in [3.05, 3.63) is 88.9 Å². The van der Waals surface area contributed by atoms with Crippen molar-refractivity contribution in [2.75, 3.05) is 19.5 Å². The van der Waals surface area contributed by atoms with Crippen LogP contribution < -0.4 is 14.8 Å². The zero-order valence-electron chi connectivity index (χ0n) is 20.8. The Morgan fingerprint density at radius 3 is 2.50 bits per heavy atom. The molecule has 2 aliphatic heterocycles. The smallest absolute Gasteiger partial charge is 0.262 e. The lowest BCUT2D eigenvalue weighted by Gasteiger charge is -2.23. The first kappa shape index (κ1) is 25.8. The number of hydrogen-bond donors (Lipinski definition) is 1. The standard InChI is InChI=1S/C28H25ClN4O4S/c1-36-20-13-9-18(10-14-20)23-15-22(17-7-11-19(29)12-8-17)32-33(23)28-31-27(35)25(38-28)16-26(34)30-21-5-3-4-6-24(21)37-2/h3-14,23,25H,15-16H2,1-2H3,(H,30,34)/t23-,25+/m0/s1. The van der Waals surface area contributed by atoms with Crippen molar-refractivity contribution in [3.8, 4) is 11.5 Å². The second kappa shape index (κ2) is 11.3. The van der Waals surface area contributed by atoms with Gasteiger partial charge in [0.2, 0.25) is 5.91 Å². The van der Waals surface area contributed by atoms with Gasteiger partial charge in [0.05, 0.1) is 31.7 Å². The summed E-state index contributed by atoms with van der Waals surface area (Å²) in [6, 6.07) is 22.2. The number of rotatable bonds is 7. The van der Waals surface area contributed by atoms with Gasteiger partial charge in [0.25, 0.3) is 5.91 Å². The van der Waals surface area contributed by atoms with Gasteiger partial charge >= 0.3 is 0 Å². The number of carbonyl (C=O) groups is 2. The summed E-state index contributed by atoms with van der Waals surface area (Å²) in [6.45, 7) is 0. The highest BCUT2D eigenvalue weighted by molar-refractivity contribution is 8.15. The first-order valence-corrected chi connectivity index (χ1v) is 13.2. The molecule has 0 spiro atoms. The lowest BCUT2D eigenvalue weighted by Crippen LogP contribution is -2.25. The Kier molecular flexibility index (Phi) is 7.67. The van der Waals surface area contributed by atoms with E-state index in [9.17, 15) is 9.59 Å².